The van der Waals surface area contributed by atoms with Gasteiger partial charge in [0.1, 0.15) is 0 Å². The van der Waals surface area contributed by atoms with Gasteiger partial charge in [-0.05, 0) is 63.2 Å². The summed E-state index contributed by atoms with van der Waals surface area (Å²) >= 11 is 1.91. The van der Waals surface area contributed by atoms with Crippen molar-refractivity contribution in [1.29, 1.82) is 0 Å². The first-order valence-electron chi connectivity index (χ1n) is 17.1. The minimum absolute atomic E-state index is 0.188. The van der Waals surface area contributed by atoms with E-state index in [-0.39, 0.29) is 6.71 Å². The summed E-state index contributed by atoms with van der Waals surface area (Å²) in [6, 6.07) is 54.1. The zero-order chi connectivity index (χ0) is 32.8. The van der Waals surface area contributed by atoms with Gasteiger partial charge in [-0.3, -0.25) is 0 Å². The van der Waals surface area contributed by atoms with E-state index < -0.39 is 0 Å². The molecule has 9 aromatic rings. The fourth-order valence-electron chi connectivity index (χ4n) is 8.66. The topological polar surface area (TPSA) is 9.86 Å². The van der Waals surface area contributed by atoms with Gasteiger partial charge in [0.2, 0.25) is 6.71 Å². The Kier molecular flexibility index (Phi) is 6.28. The lowest BCUT2D eigenvalue weighted by Gasteiger charge is -2.29. The first-order valence-corrected chi connectivity index (χ1v) is 17.9. The fraction of sp³-hybridized carbons (Fsp3) is 0.0667. The maximum absolute atomic E-state index is 2.52. The van der Waals surface area contributed by atoms with Crippen LogP contribution in [0.25, 0.3) is 55.0 Å². The lowest BCUT2D eigenvalue weighted by molar-refractivity contribution is 1.14. The first-order chi connectivity index (χ1) is 24.1. The molecule has 0 radical (unpaired) electrons. The summed E-state index contributed by atoms with van der Waals surface area (Å²) in [6.07, 6.45) is 0. The Bertz CT molecular complexity index is 2770. The van der Waals surface area contributed by atoms with E-state index >= 15 is 0 Å². The molecule has 0 amide bonds. The van der Waals surface area contributed by atoms with Crippen LogP contribution in [0, 0.1) is 20.8 Å². The van der Waals surface area contributed by atoms with Crippen molar-refractivity contribution in [2.75, 3.05) is 0 Å². The van der Waals surface area contributed by atoms with Gasteiger partial charge >= 0.3 is 0 Å². The molecule has 1 aliphatic rings. The van der Waals surface area contributed by atoms with Crippen molar-refractivity contribution in [2.24, 2.45) is 0 Å². The largest absolute Gasteiger partial charge is 0.307 e. The summed E-state index contributed by atoms with van der Waals surface area (Å²) in [7, 11) is 0. The minimum atomic E-state index is 0.188. The van der Waals surface area contributed by atoms with E-state index in [1.807, 2.05) is 11.8 Å². The van der Waals surface area contributed by atoms with E-state index in [2.05, 4.69) is 175 Å². The number of rotatable bonds is 3. The van der Waals surface area contributed by atoms with Crippen LogP contribution in [0.15, 0.2) is 155 Å². The predicted octanol–water partition coefficient (Wildman–Crippen LogP) is 9.79. The van der Waals surface area contributed by atoms with Gasteiger partial charge in [0, 0.05) is 42.7 Å². The van der Waals surface area contributed by atoms with Gasteiger partial charge in [-0.1, -0.05) is 148 Å². The summed E-state index contributed by atoms with van der Waals surface area (Å²) in [5.74, 6) is 0. The van der Waals surface area contributed by atoms with Gasteiger partial charge in [-0.2, -0.15) is 0 Å². The van der Waals surface area contributed by atoms with E-state index in [1.54, 1.807) is 0 Å². The standard InChI is InChI=1S/C45H33BN2S/c1-28-25-29(2)43(30(3)26-28)46-37-17-9-12-20-41(37)49-42-27-32(21-24-38(42)46)48-40-19-11-8-16-34(40)36-23-22-35-33-15-7-10-18-39(33)47(44(35)45(36)48)31-13-5-4-6-14-31/h4-27H,1-3H3. The van der Waals surface area contributed by atoms with E-state index in [0.29, 0.717) is 0 Å². The Balaban J connectivity index is 1.30. The van der Waals surface area contributed by atoms with Crippen LogP contribution in [-0.4, -0.2) is 15.8 Å². The predicted molar refractivity (Wildman–Crippen MR) is 211 cm³/mol. The lowest BCUT2D eigenvalue weighted by Crippen LogP contribution is -2.56. The highest BCUT2D eigenvalue weighted by Gasteiger charge is 2.33. The van der Waals surface area contributed by atoms with Crippen molar-refractivity contribution in [3.63, 3.8) is 0 Å². The molecule has 0 atom stereocenters. The quantitative estimate of drug-likeness (QED) is 0.174. The van der Waals surface area contributed by atoms with E-state index in [9.17, 15) is 0 Å². The summed E-state index contributed by atoms with van der Waals surface area (Å²) < 4.78 is 4.98. The van der Waals surface area contributed by atoms with Crippen LogP contribution in [-0.2, 0) is 0 Å². The zero-order valence-electron chi connectivity index (χ0n) is 27.7. The second-order valence-corrected chi connectivity index (χ2v) is 14.6. The van der Waals surface area contributed by atoms with Gasteiger partial charge in [0.15, 0.2) is 0 Å². The highest BCUT2D eigenvalue weighted by molar-refractivity contribution is 8.00. The molecule has 0 aliphatic carbocycles. The number of nitrogens with zero attached hydrogens (tertiary/aromatic N) is 2. The molecule has 0 saturated heterocycles. The summed E-state index contributed by atoms with van der Waals surface area (Å²) in [4.78, 5) is 2.66. The Morgan fingerprint density at radius 1 is 0.449 bits per heavy atom. The van der Waals surface area contributed by atoms with Gasteiger partial charge in [-0.25, -0.2) is 0 Å². The Morgan fingerprint density at radius 3 is 1.67 bits per heavy atom. The van der Waals surface area contributed by atoms with Crippen LogP contribution < -0.4 is 16.4 Å². The first kappa shape index (κ1) is 28.6. The number of aromatic nitrogens is 2. The molecule has 4 heteroatoms. The van der Waals surface area contributed by atoms with Crippen molar-refractivity contribution in [3.05, 3.63) is 162 Å². The second-order valence-electron chi connectivity index (χ2n) is 13.5. The third-order valence-electron chi connectivity index (χ3n) is 10.5. The van der Waals surface area contributed by atoms with Gasteiger partial charge < -0.3 is 9.13 Å². The zero-order valence-corrected chi connectivity index (χ0v) is 28.6. The molecule has 0 unspecified atom stereocenters. The van der Waals surface area contributed by atoms with Crippen LogP contribution in [0.3, 0.4) is 0 Å². The molecule has 10 rings (SSSR count). The second kappa shape index (κ2) is 10.8. The highest BCUT2D eigenvalue weighted by Crippen LogP contribution is 2.42. The van der Waals surface area contributed by atoms with E-state index in [4.69, 9.17) is 0 Å². The lowest BCUT2D eigenvalue weighted by atomic mass is 9.35. The molecule has 3 heterocycles. The van der Waals surface area contributed by atoms with Gasteiger partial charge in [0.05, 0.1) is 22.1 Å². The summed E-state index contributed by atoms with van der Waals surface area (Å²) in [5, 5.41) is 5.07. The molecular formula is C45H33BN2S. The molecule has 1 aliphatic heterocycles. The molecule has 0 N–H and O–H groups in total. The number of hydrogen-bond acceptors (Lipinski definition) is 1. The van der Waals surface area contributed by atoms with E-state index in [0.717, 1.165) is 0 Å². The molecule has 2 nitrogen and oxygen atoms in total. The van der Waals surface area contributed by atoms with Crippen molar-refractivity contribution >= 4 is 78.5 Å². The van der Waals surface area contributed by atoms with Gasteiger partial charge in [0.25, 0.3) is 0 Å². The minimum Gasteiger partial charge on any atom is -0.307 e. The Hall–Kier alpha value is -5.45. The van der Waals surface area contributed by atoms with Crippen LogP contribution in [0.2, 0.25) is 0 Å². The smallest absolute Gasteiger partial charge is 0.244 e. The molecule has 2 aromatic heterocycles. The molecule has 0 spiro atoms. The average Bonchev–Trinajstić information content (AvgIpc) is 3.64. The fourth-order valence-corrected chi connectivity index (χ4v) is 9.83. The molecule has 7 aromatic carbocycles. The Labute approximate surface area is 290 Å². The average molecular weight is 645 g/mol. The summed E-state index contributed by atoms with van der Waals surface area (Å²) in [6.45, 7) is 6.95. The third kappa shape index (κ3) is 4.17. The Morgan fingerprint density at radius 2 is 1.00 bits per heavy atom. The number of para-hydroxylation sites is 3. The van der Waals surface area contributed by atoms with Crippen LogP contribution >= 0.6 is 11.8 Å². The monoisotopic (exact) mass is 644 g/mol. The van der Waals surface area contributed by atoms with Crippen LogP contribution in [0.4, 0.5) is 0 Å². The maximum atomic E-state index is 2.52. The number of fused-ring (bicyclic) bond motifs is 9. The number of aryl methyl sites for hydroxylation is 3. The normalized spacial score (nSPS) is 12.7. The van der Waals surface area contributed by atoms with Crippen LogP contribution in [0.5, 0.6) is 0 Å². The van der Waals surface area contributed by atoms with E-state index in [1.165, 1.54) is 97.9 Å². The molecule has 0 bridgehead atoms. The van der Waals surface area contributed by atoms with Crippen molar-refractivity contribution in [2.45, 2.75) is 30.6 Å². The molecular weight excluding hydrogens is 611 g/mol. The third-order valence-corrected chi connectivity index (χ3v) is 11.7. The molecule has 0 fully saturated rings. The summed E-state index contributed by atoms with van der Waals surface area (Å²) in [5.41, 5.74) is 15.5. The van der Waals surface area contributed by atoms with Gasteiger partial charge in [-0.15, -0.1) is 0 Å². The van der Waals surface area contributed by atoms with Crippen molar-refractivity contribution in [3.8, 4) is 11.4 Å². The SMILES string of the molecule is Cc1cc(C)c(B2c3ccccc3Sc3cc(-n4c5ccccc5c5ccc6c7ccccc7n(-c7ccccc7)c6c54)ccc32)c(C)c1. The maximum Gasteiger partial charge on any atom is 0.244 e. The molecule has 49 heavy (non-hydrogen) atoms. The van der Waals surface area contributed by atoms with Crippen LogP contribution in [0.1, 0.15) is 16.7 Å². The number of hydrogen-bond donors (Lipinski definition) is 0. The highest BCUT2D eigenvalue weighted by atomic mass is 32.2. The van der Waals surface area contributed by atoms with Crippen molar-refractivity contribution < 1.29 is 0 Å². The number of benzene rings is 7. The molecule has 232 valence electrons. The van der Waals surface area contributed by atoms with Crippen molar-refractivity contribution in [1.82, 2.24) is 9.13 Å². The molecule has 0 saturated carbocycles.